The van der Waals surface area contributed by atoms with Crippen molar-refractivity contribution in [3.63, 3.8) is 0 Å². The van der Waals surface area contributed by atoms with Crippen LogP contribution in [0.3, 0.4) is 0 Å². The molecule has 3 aromatic rings. The molecule has 3 rings (SSSR count). The van der Waals surface area contributed by atoms with Crippen molar-refractivity contribution in [3.8, 4) is 5.75 Å². The number of nitrogens with zero attached hydrogens (tertiary/aromatic N) is 1. The van der Waals surface area contributed by atoms with Crippen LogP contribution in [-0.2, 0) is 13.1 Å². The van der Waals surface area contributed by atoms with Crippen LogP contribution in [-0.4, -0.2) is 17.1 Å². The number of hydrogen-bond acceptors (Lipinski definition) is 3. The first-order chi connectivity index (χ1) is 11.2. The molecule has 5 heteroatoms. The predicted octanol–water partition coefficient (Wildman–Crippen LogP) is 4.05. The molecule has 0 aliphatic heterocycles. The number of amides is 1. The number of hydrogen-bond donors (Lipinski definition) is 1. The van der Waals surface area contributed by atoms with Gasteiger partial charge >= 0.3 is 0 Å². The Labute approximate surface area is 139 Å². The van der Waals surface area contributed by atoms with E-state index in [4.69, 9.17) is 4.74 Å². The molecule has 0 radical (unpaired) electrons. The van der Waals surface area contributed by atoms with Crippen LogP contribution in [0.1, 0.15) is 29.9 Å². The summed E-state index contributed by atoms with van der Waals surface area (Å²) in [5.41, 5.74) is 2.90. The van der Waals surface area contributed by atoms with E-state index in [2.05, 4.69) is 28.3 Å². The minimum Gasteiger partial charge on any atom is -0.494 e. The molecule has 0 saturated heterocycles. The fourth-order valence-corrected chi connectivity index (χ4v) is 3.47. The number of carbonyl (C=O) groups excluding carboxylic acids is 1. The molecule has 2 heterocycles. The van der Waals surface area contributed by atoms with Gasteiger partial charge in [-0.05, 0) is 49.1 Å². The minimum absolute atomic E-state index is 0.0378. The lowest BCUT2D eigenvalue weighted by atomic mass is 10.2. The second kappa shape index (κ2) is 6.87. The zero-order chi connectivity index (χ0) is 16.2. The average molecular weight is 328 g/mol. The van der Waals surface area contributed by atoms with Gasteiger partial charge in [0.05, 0.1) is 16.8 Å². The van der Waals surface area contributed by atoms with Gasteiger partial charge in [-0.15, -0.1) is 11.3 Å². The van der Waals surface area contributed by atoms with Gasteiger partial charge in [-0.3, -0.25) is 4.79 Å². The summed E-state index contributed by atoms with van der Waals surface area (Å²) in [5, 5.41) is 5.05. The molecule has 2 aromatic heterocycles. The number of nitrogens with one attached hydrogen (secondary N) is 1. The maximum atomic E-state index is 12.5. The zero-order valence-electron chi connectivity index (χ0n) is 13.3. The molecule has 120 valence electrons. The van der Waals surface area contributed by atoms with Gasteiger partial charge in [-0.2, -0.15) is 0 Å². The lowest BCUT2D eigenvalue weighted by molar-refractivity contribution is 0.0942. The molecule has 0 atom stereocenters. The maximum absolute atomic E-state index is 12.5. The Hall–Kier alpha value is -2.27. The van der Waals surface area contributed by atoms with Crippen LogP contribution in [0, 0.1) is 0 Å². The van der Waals surface area contributed by atoms with Gasteiger partial charge in [0.1, 0.15) is 11.4 Å². The van der Waals surface area contributed by atoms with Crippen molar-refractivity contribution in [2.45, 2.75) is 26.9 Å². The first-order valence-electron chi connectivity index (χ1n) is 7.79. The summed E-state index contributed by atoms with van der Waals surface area (Å²) in [6.45, 7) is 5.96. The molecule has 0 saturated carbocycles. The van der Waals surface area contributed by atoms with Crippen LogP contribution < -0.4 is 10.1 Å². The third-order valence-electron chi connectivity index (χ3n) is 3.76. The molecule has 0 bridgehead atoms. The van der Waals surface area contributed by atoms with E-state index in [9.17, 15) is 4.79 Å². The molecule has 0 spiro atoms. The summed E-state index contributed by atoms with van der Waals surface area (Å²) < 4.78 is 8.63. The summed E-state index contributed by atoms with van der Waals surface area (Å²) in [6.07, 6.45) is 0. The van der Waals surface area contributed by atoms with Crippen molar-refractivity contribution in [2.24, 2.45) is 0 Å². The number of rotatable bonds is 6. The summed E-state index contributed by atoms with van der Waals surface area (Å²) in [7, 11) is 0. The van der Waals surface area contributed by atoms with Crippen LogP contribution in [0.15, 0.2) is 41.8 Å². The van der Waals surface area contributed by atoms with Crippen LogP contribution in [0.2, 0.25) is 0 Å². The topological polar surface area (TPSA) is 43.3 Å². The first kappa shape index (κ1) is 15.6. The molecule has 23 heavy (non-hydrogen) atoms. The molecule has 1 N–H and O–H groups in total. The lowest BCUT2D eigenvalue weighted by Gasteiger charge is -2.09. The van der Waals surface area contributed by atoms with E-state index in [0.29, 0.717) is 13.2 Å². The van der Waals surface area contributed by atoms with Gasteiger partial charge in [-0.25, -0.2) is 0 Å². The van der Waals surface area contributed by atoms with E-state index >= 15 is 0 Å². The number of fused-ring (bicyclic) bond motifs is 1. The third-order valence-corrected chi connectivity index (χ3v) is 4.61. The van der Waals surface area contributed by atoms with Crippen LogP contribution >= 0.6 is 11.3 Å². The highest BCUT2D eigenvalue weighted by atomic mass is 32.1. The summed E-state index contributed by atoms with van der Waals surface area (Å²) in [5.74, 6) is 0.812. The van der Waals surface area contributed by atoms with Crippen molar-refractivity contribution < 1.29 is 9.53 Å². The van der Waals surface area contributed by atoms with Crippen molar-refractivity contribution in [2.75, 3.05) is 6.61 Å². The lowest BCUT2D eigenvalue weighted by Crippen LogP contribution is -2.25. The van der Waals surface area contributed by atoms with Gasteiger partial charge in [0, 0.05) is 13.1 Å². The smallest absolute Gasteiger partial charge is 0.268 e. The average Bonchev–Trinajstić information content (AvgIpc) is 3.14. The standard InChI is InChI=1S/C18H20N2O2S/c1-3-20-15-9-10-23-17(15)11-16(20)18(21)19-12-13-5-7-14(8-6-13)22-4-2/h5-11H,3-4,12H2,1-2H3,(H,19,21). The maximum Gasteiger partial charge on any atom is 0.268 e. The highest BCUT2D eigenvalue weighted by Crippen LogP contribution is 2.25. The molecule has 0 unspecified atom stereocenters. The summed E-state index contributed by atoms with van der Waals surface area (Å²) in [6, 6.07) is 11.8. The van der Waals surface area contributed by atoms with E-state index in [0.717, 1.165) is 33.8 Å². The van der Waals surface area contributed by atoms with E-state index in [1.54, 1.807) is 11.3 Å². The van der Waals surface area contributed by atoms with Crippen molar-refractivity contribution >= 4 is 27.5 Å². The largest absolute Gasteiger partial charge is 0.494 e. The number of aromatic nitrogens is 1. The van der Waals surface area contributed by atoms with Crippen LogP contribution in [0.4, 0.5) is 0 Å². The Balaban J connectivity index is 1.69. The number of carbonyl (C=O) groups is 1. The number of aryl methyl sites for hydroxylation is 1. The van der Waals surface area contributed by atoms with E-state index in [1.807, 2.05) is 37.3 Å². The zero-order valence-corrected chi connectivity index (χ0v) is 14.2. The minimum atomic E-state index is -0.0378. The Morgan fingerprint density at radius 3 is 2.70 bits per heavy atom. The monoisotopic (exact) mass is 328 g/mol. The Bertz CT molecular complexity index is 802. The second-order valence-corrected chi connectivity index (χ2v) is 6.15. The fourth-order valence-electron chi connectivity index (χ4n) is 2.65. The fraction of sp³-hybridized carbons (Fsp3) is 0.278. The highest BCUT2D eigenvalue weighted by molar-refractivity contribution is 7.17. The van der Waals surface area contributed by atoms with Crippen molar-refractivity contribution in [1.82, 2.24) is 9.88 Å². The molecule has 0 aliphatic carbocycles. The number of thiophene rings is 1. The Morgan fingerprint density at radius 2 is 2.00 bits per heavy atom. The molecule has 1 aromatic carbocycles. The third kappa shape index (κ3) is 3.24. The molecule has 1 amide bonds. The highest BCUT2D eigenvalue weighted by Gasteiger charge is 2.15. The van der Waals surface area contributed by atoms with Gasteiger partial charge in [0.2, 0.25) is 0 Å². The predicted molar refractivity (Wildman–Crippen MR) is 94.3 cm³/mol. The van der Waals surface area contributed by atoms with Gasteiger partial charge < -0.3 is 14.6 Å². The second-order valence-electron chi connectivity index (χ2n) is 5.20. The van der Waals surface area contributed by atoms with E-state index in [-0.39, 0.29) is 5.91 Å². The summed E-state index contributed by atoms with van der Waals surface area (Å²) >= 11 is 1.66. The molecule has 0 aliphatic rings. The summed E-state index contributed by atoms with van der Waals surface area (Å²) in [4.78, 5) is 12.5. The number of ether oxygens (including phenoxy) is 1. The van der Waals surface area contributed by atoms with Crippen molar-refractivity contribution in [1.29, 1.82) is 0 Å². The molecular weight excluding hydrogens is 308 g/mol. The van der Waals surface area contributed by atoms with E-state index < -0.39 is 0 Å². The van der Waals surface area contributed by atoms with Gasteiger partial charge in [0.15, 0.2) is 0 Å². The Morgan fingerprint density at radius 1 is 1.22 bits per heavy atom. The quantitative estimate of drug-likeness (QED) is 0.742. The first-order valence-corrected chi connectivity index (χ1v) is 8.67. The van der Waals surface area contributed by atoms with Gasteiger partial charge in [-0.1, -0.05) is 12.1 Å². The van der Waals surface area contributed by atoms with Crippen LogP contribution in [0.25, 0.3) is 10.2 Å². The number of benzene rings is 1. The Kier molecular flexibility index (Phi) is 4.67. The van der Waals surface area contributed by atoms with Crippen LogP contribution in [0.5, 0.6) is 5.75 Å². The SMILES string of the molecule is CCOc1ccc(CNC(=O)c2cc3sccc3n2CC)cc1. The molecule has 4 nitrogen and oxygen atoms in total. The van der Waals surface area contributed by atoms with Gasteiger partial charge in [0.25, 0.3) is 5.91 Å². The normalized spacial score (nSPS) is 10.9. The molecule has 0 fully saturated rings. The van der Waals surface area contributed by atoms with Crippen molar-refractivity contribution in [3.05, 3.63) is 53.0 Å². The molecular formula is C18H20N2O2S. The van der Waals surface area contributed by atoms with E-state index in [1.165, 1.54) is 0 Å².